The molecule has 4 rings (SSSR count). The van der Waals surface area contributed by atoms with Crippen LogP contribution in [-0.2, 0) is 23.0 Å². The molecule has 1 aliphatic rings. The third kappa shape index (κ3) is 4.30. The quantitative estimate of drug-likeness (QED) is 0.675. The van der Waals surface area contributed by atoms with E-state index in [2.05, 4.69) is 15.6 Å². The van der Waals surface area contributed by atoms with Crippen molar-refractivity contribution in [2.24, 2.45) is 7.05 Å². The highest BCUT2D eigenvalue weighted by Crippen LogP contribution is 2.20. The highest BCUT2D eigenvalue weighted by atomic mass is 16.5. The van der Waals surface area contributed by atoms with Crippen molar-refractivity contribution in [3.63, 3.8) is 0 Å². The minimum Gasteiger partial charge on any atom is -0.368 e. The number of nitrogens with zero attached hydrogens (tertiary/aromatic N) is 2. The van der Waals surface area contributed by atoms with E-state index >= 15 is 0 Å². The van der Waals surface area contributed by atoms with Gasteiger partial charge in [0.15, 0.2) is 0 Å². The van der Waals surface area contributed by atoms with Crippen LogP contribution in [0.4, 0.5) is 5.69 Å². The van der Waals surface area contributed by atoms with Gasteiger partial charge in [0.1, 0.15) is 11.9 Å². The first kappa shape index (κ1) is 19.1. The molecule has 0 spiro atoms. The van der Waals surface area contributed by atoms with E-state index in [9.17, 15) is 9.59 Å². The summed E-state index contributed by atoms with van der Waals surface area (Å²) < 4.78 is 7.41. The van der Waals surface area contributed by atoms with Crippen molar-refractivity contribution >= 4 is 28.5 Å². The Hall–Kier alpha value is -3.19. The molecule has 2 heterocycles. The number of anilines is 1. The second-order valence-electron chi connectivity index (χ2n) is 7.15. The van der Waals surface area contributed by atoms with Crippen LogP contribution in [0.15, 0.2) is 48.5 Å². The molecule has 2 amide bonds. The lowest BCUT2D eigenvalue weighted by Crippen LogP contribution is -2.35. The highest BCUT2D eigenvalue weighted by molar-refractivity contribution is 6.04. The number of hydrogen-bond donors (Lipinski definition) is 2. The first-order chi connectivity index (χ1) is 14.1. The minimum atomic E-state index is -0.314. The number of imidazole rings is 1. The second-order valence-corrected chi connectivity index (χ2v) is 7.15. The molecule has 7 nitrogen and oxygen atoms in total. The van der Waals surface area contributed by atoms with Crippen molar-refractivity contribution in [2.45, 2.75) is 25.4 Å². The van der Waals surface area contributed by atoms with E-state index in [4.69, 9.17) is 4.74 Å². The van der Waals surface area contributed by atoms with Gasteiger partial charge in [0, 0.05) is 37.9 Å². The van der Waals surface area contributed by atoms with Gasteiger partial charge in [-0.2, -0.15) is 0 Å². The van der Waals surface area contributed by atoms with Gasteiger partial charge in [0.2, 0.25) is 5.91 Å². The van der Waals surface area contributed by atoms with E-state index in [1.54, 1.807) is 12.1 Å². The molecule has 0 aliphatic carbocycles. The summed E-state index contributed by atoms with van der Waals surface area (Å²) in [6.07, 6.45) is 2.03. The number of hydrogen-bond acceptors (Lipinski definition) is 4. The van der Waals surface area contributed by atoms with Crippen molar-refractivity contribution < 1.29 is 14.3 Å². The number of carbonyl (C=O) groups excluding carboxylic acids is 2. The average molecular weight is 392 g/mol. The Balaban J connectivity index is 1.41. The summed E-state index contributed by atoms with van der Waals surface area (Å²) in [6, 6.07) is 14.8. The van der Waals surface area contributed by atoms with Crippen molar-refractivity contribution in [3.05, 3.63) is 59.9 Å². The normalized spacial score (nSPS) is 16.1. The standard InChI is InChI=1S/C22H24N4O3/c1-26-18-10-9-16(24-21(27)15-6-3-2-4-7-15)14-17(18)25-20(26)11-12-23-22(28)19-8-5-13-29-19/h2-4,6-7,9-10,14,19H,5,8,11-13H2,1H3,(H,23,28)(H,24,27)/t19-/m1/s1. The average Bonchev–Trinajstić information content (AvgIpc) is 3.37. The smallest absolute Gasteiger partial charge is 0.255 e. The van der Waals surface area contributed by atoms with Crippen molar-refractivity contribution in [3.8, 4) is 0 Å². The molecular weight excluding hydrogens is 368 g/mol. The number of aromatic nitrogens is 2. The fourth-order valence-electron chi connectivity index (χ4n) is 3.54. The van der Waals surface area contributed by atoms with Crippen molar-refractivity contribution in [1.29, 1.82) is 0 Å². The van der Waals surface area contributed by atoms with Crippen LogP contribution < -0.4 is 10.6 Å². The Labute approximate surface area is 169 Å². The number of rotatable bonds is 6. The van der Waals surface area contributed by atoms with E-state index in [0.717, 1.165) is 29.7 Å². The molecule has 1 atom stereocenters. The van der Waals surface area contributed by atoms with Gasteiger partial charge in [-0.05, 0) is 43.2 Å². The van der Waals surface area contributed by atoms with E-state index in [1.165, 1.54) is 0 Å². The number of benzene rings is 2. The van der Waals surface area contributed by atoms with Crippen LogP contribution in [0.25, 0.3) is 11.0 Å². The molecule has 29 heavy (non-hydrogen) atoms. The molecule has 1 aromatic heterocycles. The predicted molar refractivity (Wildman–Crippen MR) is 111 cm³/mol. The molecule has 1 aliphatic heterocycles. The van der Waals surface area contributed by atoms with Gasteiger partial charge >= 0.3 is 0 Å². The maximum absolute atomic E-state index is 12.3. The minimum absolute atomic E-state index is 0.0489. The van der Waals surface area contributed by atoms with Gasteiger partial charge in [0.05, 0.1) is 11.0 Å². The van der Waals surface area contributed by atoms with Gasteiger partial charge in [-0.1, -0.05) is 18.2 Å². The van der Waals surface area contributed by atoms with E-state index in [-0.39, 0.29) is 17.9 Å². The Morgan fingerprint density at radius 2 is 2.03 bits per heavy atom. The lowest BCUT2D eigenvalue weighted by Gasteiger charge is -2.10. The lowest BCUT2D eigenvalue weighted by molar-refractivity contribution is -0.130. The topological polar surface area (TPSA) is 85.2 Å². The monoisotopic (exact) mass is 392 g/mol. The van der Waals surface area contributed by atoms with Gasteiger partial charge in [-0.15, -0.1) is 0 Å². The van der Waals surface area contributed by atoms with Gasteiger partial charge in [-0.3, -0.25) is 9.59 Å². The maximum Gasteiger partial charge on any atom is 0.255 e. The summed E-state index contributed by atoms with van der Waals surface area (Å²) in [6.45, 7) is 1.17. The Bertz CT molecular complexity index is 1020. The van der Waals surface area contributed by atoms with Crippen LogP contribution in [0.3, 0.4) is 0 Å². The molecule has 0 unspecified atom stereocenters. The first-order valence-corrected chi connectivity index (χ1v) is 9.83. The summed E-state index contributed by atoms with van der Waals surface area (Å²) in [5.74, 6) is 0.671. The van der Waals surface area contributed by atoms with Gasteiger partial charge in [0.25, 0.3) is 5.91 Å². The molecular formula is C22H24N4O3. The zero-order valence-electron chi connectivity index (χ0n) is 16.4. The zero-order chi connectivity index (χ0) is 20.2. The number of ether oxygens (including phenoxy) is 1. The van der Waals surface area contributed by atoms with Gasteiger partial charge < -0.3 is 19.9 Å². The molecule has 0 saturated carbocycles. The fraction of sp³-hybridized carbons (Fsp3) is 0.318. The number of amides is 2. The largest absolute Gasteiger partial charge is 0.368 e. The van der Waals surface area contributed by atoms with Crippen LogP contribution >= 0.6 is 0 Å². The summed E-state index contributed by atoms with van der Waals surface area (Å²) in [7, 11) is 1.95. The molecule has 0 radical (unpaired) electrons. The number of fused-ring (bicyclic) bond motifs is 1. The lowest BCUT2D eigenvalue weighted by atomic mass is 10.2. The first-order valence-electron chi connectivity index (χ1n) is 9.83. The fourth-order valence-corrected chi connectivity index (χ4v) is 3.54. The SMILES string of the molecule is Cn1c(CCNC(=O)[C@H]2CCCO2)nc2cc(NC(=O)c3ccccc3)ccc21. The number of carbonyl (C=O) groups is 2. The molecule has 1 fully saturated rings. The van der Waals surface area contributed by atoms with Crippen LogP contribution in [0.1, 0.15) is 29.0 Å². The number of aryl methyl sites for hydroxylation is 1. The van der Waals surface area contributed by atoms with Crippen molar-refractivity contribution in [1.82, 2.24) is 14.9 Å². The van der Waals surface area contributed by atoms with Crippen molar-refractivity contribution in [2.75, 3.05) is 18.5 Å². The number of nitrogens with one attached hydrogen (secondary N) is 2. The molecule has 2 aromatic carbocycles. The molecule has 3 aromatic rings. The van der Waals surface area contributed by atoms with E-state index in [1.807, 2.05) is 48.0 Å². The highest BCUT2D eigenvalue weighted by Gasteiger charge is 2.23. The van der Waals surface area contributed by atoms with Crippen LogP contribution in [0, 0.1) is 0 Å². The van der Waals surface area contributed by atoms with E-state index < -0.39 is 0 Å². The van der Waals surface area contributed by atoms with Crippen LogP contribution in [0.5, 0.6) is 0 Å². The molecule has 2 N–H and O–H groups in total. The summed E-state index contributed by atoms with van der Waals surface area (Å²) >= 11 is 0. The Morgan fingerprint density at radius 1 is 1.21 bits per heavy atom. The summed E-state index contributed by atoms with van der Waals surface area (Å²) in [4.78, 5) is 29.1. The molecule has 7 heteroatoms. The summed E-state index contributed by atoms with van der Waals surface area (Å²) in [5, 5.41) is 5.84. The van der Waals surface area contributed by atoms with Crippen LogP contribution in [0.2, 0.25) is 0 Å². The molecule has 0 bridgehead atoms. The zero-order valence-corrected chi connectivity index (χ0v) is 16.4. The third-order valence-electron chi connectivity index (χ3n) is 5.14. The van der Waals surface area contributed by atoms with E-state index in [0.29, 0.717) is 30.8 Å². The van der Waals surface area contributed by atoms with Gasteiger partial charge in [-0.25, -0.2) is 4.98 Å². The summed E-state index contributed by atoms with van der Waals surface area (Å²) in [5.41, 5.74) is 3.08. The Morgan fingerprint density at radius 3 is 2.79 bits per heavy atom. The predicted octanol–water partition coefficient (Wildman–Crippen LogP) is 2.66. The molecule has 150 valence electrons. The maximum atomic E-state index is 12.3. The van der Waals surface area contributed by atoms with Crippen LogP contribution in [-0.4, -0.2) is 40.6 Å². The molecule has 1 saturated heterocycles. The third-order valence-corrected chi connectivity index (χ3v) is 5.14. The second kappa shape index (κ2) is 8.45. The Kier molecular flexibility index (Phi) is 5.57.